The van der Waals surface area contributed by atoms with E-state index in [0.29, 0.717) is 11.3 Å². The molecule has 0 aliphatic heterocycles. The third-order valence-electron chi connectivity index (χ3n) is 3.36. The summed E-state index contributed by atoms with van der Waals surface area (Å²) in [4.78, 5) is 20.3. The Balaban J connectivity index is 0.000000553. The fraction of sp³-hybridized carbons (Fsp3) is 0.263. The highest BCUT2D eigenvalue weighted by molar-refractivity contribution is 5.89. The first-order valence-electron chi connectivity index (χ1n) is 7.98. The first-order chi connectivity index (χ1) is 14.1. The van der Waals surface area contributed by atoms with Crippen LogP contribution in [0.3, 0.4) is 0 Å². The average Bonchev–Trinajstić information content (AvgIpc) is 2.73. The molecule has 2 aromatic rings. The van der Waals surface area contributed by atoms with Gasteiger partial charge in [-0.05, 0) is 24.3 Å². The summed E-state index contributed by atoms with van der Waals surface area (Å²) < 4.78 is 54.6. The molecule has 0 N–H and O–H groups in total. The molecule has 2 rings (SSSR count). The van der Waals surface area contributed by atoms with Gasteiger partial charge in [0.2, 0.25) is 0 Å². The van der Waals surface area contributed by atoms with Gasteiger partial charge in [-0.25, -0.2) is 4.79 Å². The summed E-state index contributed by atoms with van der Waals surface area (Å²) in [6.07, 6.45) is -5.19. The predicted octanol–water partition coefficient (Wildman–Crippen LogP) is -1.07. The second kappa shape index (κ2) is 11.5. The van der Waals surface area contributed by atoms with E-state index < -0.39 is 33.4 Å². The van der Waals surface area contributed by atoms with Crippen LogP contribution >= 0.6 is 0 Å². The lowest BCUT2D eigenvalue weighted by molar-refractivity contribution is -0.598. The van der Waals surface area contributed by atoms with Gasteiger partial charge >= 0.3 is 33.4 Å². The highest BCUT2D eigenvalue weighted by Crippen LogP contribution is 2.27. The SMILES string of the molecule is COC(=O)c1ccc([I+]c2c(OC)cc(OC)cc2OC)cc1.O=C([O-])C(F)(F)F. The van der Waals surface area contributed by atoms with E-state index in [1.165, 1.54) is 7.11 Å². The number of carboxylic acids is 1. The van der Waals surface area contributed by atoms with Crippen molar-refractivity contribution in [3.05, 3.63) is 49.1 Å². The zero-order valence-corrected chi connectivity index (χ0v) is 18.5. The summed E-state index contributed by atoms with van der Waals surface area (Å²) in [6, 6.07) is 11.1. The monoisotopic (exact) mass is 542 g/mol. The van der Waals surface area contributed by atoms with Crippen molar-refractivity contribution >= 4 is 11.9 Å². The van der Waals surface area contributed by atoms with Gasteiger partial charge in [-0.3, -0.25) is 0 Å². The molecule has 0 saturated heterocycles. The summed E-state index contributed by atoms with van der Waals surface area (Å²) >= 11 is -0.540. The van der Waals surface area contributed by atoms with Gasteiger partial charge in [-0.2, -0.15) is 13.2 Å². The topological polar surface area (TPSA) is 94.1 Å². The van der Waals surface area contributed by atoms with Crippen LogP contribution < -0.4 is 40.5 Å². The summed E-state index contributed by atoms with van der Waals surface area (Å²) in [5.74, 6) is -1.17. The van der Waals surface area contributed by atoms with Crippen LogP contribution in [0.1, 0.15) is 10.4 Å². The molecule has 0 saturated carbocycles. The molecule has 0 aromatic heterocycles. The molecule has 7 nitrogen and oxygen atoms in total. The number of benzene rings is 2. The first-order valence-corrected chi connectivity index (χ1v) is 10.1. The molecule has 11 heteroatoms. The van der Waals surface area contributed by atoms with E-state index in [4.69, 9.17) is 28.8 Å². The Hall–Kier alpha value is -2.70. The molecule has 164 valence electrons. The number of alkyl halides is 3. The van der Waals surface area contributed by atoms with Crippen LogP contribution in [0.2, 0.25) is 0 Å². The Kier molecular flexibility index (Phi) is 9.69. The largest absolute Gasteiger partial charge is 0.542 e. The van der Waals surface area contributed by atoms with Crippen molar-refractivity contribution in [3.8, 4) is 17.2 Å². The van der Waals surface area contributed by atoms with Crippen LogP contribution in [0, 0.1) is 7.14 Å². The van der Waals surface area contributed by atoms with Crippen LogP contribution in [0.15, 0.2) is 36.4 Å². The fourth-order valence-corrected chi connectivity index (χ4v) is 4.56. The van der Waals surface area contributed by atoms with E-state index >= 15 is 0 Å². The molecule has 0 radical (unpaired) electrons. The molecule has 0 amide bonds. The van der Waals surface area contributed by atoms with E-state index in [1.54, 1.807) is 33.5 Å². The van der Waals surface area contributed by atoms with Crippen molar-refractivity contribution in [1.82, 2.24) is 0 Å². The van der Waals surface area contributed by atoms with Gasteiger partial charge in [0.1, 0.15) is 11.7 Å². The van der Waals surface area contributed by atoms with Gasteiger partial charge in [-0.1, -0.05) is 0 Å². The van der Waals surface area contributed by atoms with Crippen molar-refractivity contribution in [1.29, 1.82) is 0 Å². The quantitative estimate of drug-likeness (QED) is 0.339. The molecular formula is C19H18F3IO7. The lowest BCUT2D eigenvalue weighted by Gasteiger charge is -2.08. The Morgan fingerprint density at radius 1 is 0.900 bits per heavy atom. The number of hydrogen-bond donors (Lipinski definition) is 0. The van der Waals surface area contributed by atoms with Gasteiger partial charge in [-0.15, -0.1) is 0 Å². The Bertz CT molecular complexity index is 842. The van der Waals surface area contributed by atoms with Crippen LogP contribution in [0.5, 0.6) is 17.2 Å². The van der Waals surface area contributed by atoms with Crippen molar-refractivity contribution in [2.45, 2.75) is 6.18 Å². The van der Waals surface area contributed by atoms with E-state index in [9.17, 15) is 18.0 Å². The molecule has 0 spiro atoms. The molecule has 0 bridgehead atoms. The van der Waals surface area contributed by atoms with Gasteiger partial charge in [0.25, 0.3) is 3.57 Å². The number of hydrogen-bond acceptors (Lipinski definition) is 7. The third-order valence-corrected chi connectivity index (χ3v) is 6.30. The minimum Gasteiger partial charge on any atom is -0.542 e. The molecule has 0 fully saturated rings. The number of aliphatic carboxylic acids is 1. The number of halogens is 4. The zero-order chi connectivity index (χ0) is 22.9. The lowest BCUT2D eigenvalue weighted by Crippen LogP contribution is -3.61. The third kappa shape index (κ3) is 7.28. The molecular weight excluding hydrogens is 524 g/mol. The van der Waals surface area contributed by atoms with Gasteiger partial charge in [0.05, 0.1) is 34.0 Å². The summed E-state index contributed by atoms with van der Waals surface area (Å²) in [5, 5.41) is 8.78. The van der Waals surface area contributed by atoms with Gasteiger partial charge in [0.15, 0.2) is 15.1 Å². The highest BCUT2D eigenvalue weighted by atomic mass is 127. The first kappa shape index (κ1) is 25.3. The predicted molar refractivity (Wildman–Crippen MR) is 92.3 cm³/mol. The van der Waals surface area contributed by atoms with E-state index in [-0.39, 0.29) is 5.97 Å². The number of methoxy groups -OCH3 is 4. The zero-order valence-electron chi connectivity index (χ0n) is 16.3. The van der Waals surface area contributed by atoms with Crippen molar-refractivity contribution in [2.75, 3.05) is 28.4 Å². The molecule has 30 heavy (non-hydrogen) atoms. The average molecular weight is 542 g/mol. The number of carbonyl (C=O) groups excluding carboxylic acids is 2. The Labute approximate surface area is 181 Å². The van der Waals surface area contributed by atoms with Crippen LogP contribution in [0.4, 0.5) is 13.2 Å². The second-order valence-corrected chi connectivity index (χ2v) is 8.09. The highest BCUT2D eigenvalue weighted by Gasteiger charge is 2.29. The number of esters is 1. The second-order valence-electron chi connectivity index (χ2n) is 5.22. The smallest absolute Gasteiger partial charge is 0.430 e. The lowest BCUT2D eigenvalue weighted by atomic mass is 10.2. The Morgan fingerprint density at radius 3 is 1.70 bits per heavy atom. The number of rotatable bonds is 6. The van der Waals surface area contributed by atoms with Crippen molar-refractivity contribution in [3.63, 3.8) is 0 Å². The minimum absolute atomic E-state index is 0.339. The molecule has 0 aliphatic rings. The molecule has 2 aromatic carbocycles. The normalized spacial score (nSPS) is 10.4. The maximum Gasteiger partial charge on any atom is 0.430 e. The molecule has 0 atom stereocenters. The maximum atomic E-state index is 11.5. The molecule has 0 unspecified atom stereocenters. The summed E-state index contributed by atoms with van der Waals surface area (Å²) in [7, 11) is 6.23. The number of carboxylic acid groups (broad SMARTS) is 1. The van der Waals surface area contributed by atoms with Gasteiger partial charge in [0, 0.05) is 12.1 Å². The van der Waals surface area contributed by atoms with Crippen LogP contribution in [-0.4, -0.2) is 46.6 Å². The summed E-state index contributed by atoms with van der Waals surface area (Å²) in [6.45, 7) is 0. The molecule has 0 aliphatic carbocycles. The van der Waals surface area contributed by atoms with Crippen molar-refractivity contribution in [2.24, 2.45) is 0 Å². The minimum atomic E-state index is -5.19. The van der Waals surface area contributed by atoms with E-state index in [2.05, 4.69) is 0 Å². The number of carbonyl (C=O) groups is 2. The van der Waals surface area contributed by atoms with E-state index in [0.717, 1.165) is 18.6 Å². The fourth-order valence-electron chi connectivity index (χ4n) is 1.93. The van der Waals surface area contributed by atoms with Crippen molar-refractivity contribution < 1.29 is 68.0 Å². The van der Waals surface area contributed by atoms with Crippen LogP contribution in [-0.2, 0) is 9.53 Å². The summed E-state index contributed by atoms with van der Waals surface area (Å²) in [5.41, 5.74) is 0.536. The van der Waals surface area contributed by atoms with Crippen LogP contribution in [0.25, 0.3) is 0 Å². The van der Waals surface area contributed by atoms with E-state index in [1.807, 2.05) is 24.3 Å². The standard InChI is InChI=1S/C17H18IO5.C2HF3O2/c1-20-13-9-14(21-2)16(15(10-13)22-3)18-12-7-5-11(6-8-12)17(19)23-4;3-2(4,5)1(6)7/h5-10H,1-4H3;(H,6,7)/q+1;/p-1. The maximum absolute atomic E-state index is 11.5. The van der Waals surface area contributed by atoms with Gasteiger partial charge < -0.3 is 28.8 Å². The molecule has 0 heterocycles. The Morgan fingerprint density at radius 2 is 1.37 bits per heavy atom. The number of ether oxygens (including phenoxy) is 4.